The fraction of sp³-hybridized carbons (Fsp3) is 0.364. The molecule has 1 aromatic heterocycles. The number of rotatable bonds is 3. The molecule has 1 aliphatic carbocycles. The number of methoxy groups -OCH3 is 1. The Morgan fingerprint density at radius 1 is 1.40 bits per heavy atom. The highest BCUT2D eigenvalue weighted by Crippen LogP contribution is 2.22. The van der Waals surface area contributed by atoms with E-state index in [1.165, 1.54) is 7.11 Å². The zero-order valence-corrected chi connectivity index (χ0v) is 8.43. The largest absolute Gasteiger partial charge is 0.463 e. The summed E-state index contributed by atoms with van der Waals surface area (Å²) in [5.41, 5.74) is 0. The minimum Gasteiger partial charge on any atom is -0.463 e. The van der Waals surface area contributed by atoms with Crippen molar-refractivity contribution >= 4 is 5.97 Å². The second kappa shape index (κ2) is 4.21. The topological polar surface area (TPSA) is 48.7 Å². The van der Waals surface area contributed by atoms with E-state index < -0.39 is 5.97 Å². The van der Waals surface area contributed by atoms with Crippen LogP contribution >= 0.6 is 0 Å². The summed E-state index contributed by atoms with van der Waals surface area (Å²) >= 11 is 0. The SMILES string of the molecule is COC(=O)c1ccc(OC2CC=CC2)o1. The zero-order valence-electron chi connectivity index (χ0n) is 8.43. The molecule has 80 valence electrons. The van der Waals surface area contributed by atoms with Gasteiger partial charge in [0.05, 0.1) is 7.11 Å². The Bertz CT molecular complexity index is 370. The number of hydrogen-bond donors (Lipinski definition) is 0. The van der Waals surface area contributed by atoms with Gasteiger partial charge in [0.2, 0.25) is 5.76 Å². The van der Waals surface area contributed by atoms with E-state index in [4.69, 9.17) is 9.15 Å². The molecule has 0 N–H and O–H groups in total. The van der Waals surface area contributed by atoms with Crippen molar-refractivity contribution in [2.75, 3.05) is 7.11 Å². The number of ether oxygens (including phenoxy) is 2. The number of carbonyl (C=O) groups is 1. The molecule has 1 aliphatic rings. The monoisotopic (exact) mass is 208 g/mol. The zero-order chi connectivity index (χ0) is 10.7. The number of furan rings is 1. The molecular weight excluding hydrogens is 196 g/mol. The van der Waals surface area contributed by atoms with Crippen LogP contribution in [-0.4, -0.2) is 19.2 Å². The predicted octanol–water partition coefficient (Wildman–Crippen LogP) is 2.16. The van der Waals surface area contributed by atoms with E-state index in [0.29, 0.717) is 5.95 Å². The Morgan fingerprint density at radius 3 is 2.80 bits per heavy atom. The van der Waals surface area contributed by atoms with Crippen molar-refractivity contribution in [2.45, 2.75) is 18.9 Å². The lowest BCUT2D eigenvalue weighted by Gasteiger charge is -2.09. The molecule has 1 aromatic rings. The van der Waals surface area contributed by atoms with E-state index in [1.807, 2.05) is 0 Å². The van der Waals surface area contributed by atoms with Gasteiger partial charge in [0.25, 0.3) is 5.95 Å². The molecule has 0 aromatic carbocycles. The van der Waals surface area contributed by atoms with Gasteiger partial charge in [-0.25, -0.2) is 4.79 Å². The first kappa shape index (κ1) is 9.83. The van der Waals surface area contributed by atoms with Crippen LogP contribution in [0.15, 0.2) is 28.7 Å². The van der Waals surface area contributed by atoms with E-state index in [-0.39, 0.29) is 11.9 Å². The summed E-state index contributed by atoms with van der Waals surface area (Å²) in [6.07, 6.45) is 6.02. The van der Waals surface area contributed by atoms with Crippen LogP contribution in [0.5, 0.6) is 5.95 Å². The van der Waals surface area contributed by atoms with E-state index in [9.17, 15) is 4.79 Å². The van der Waals surface area contributed by atoms with E-state index >= 15 is 0 Å². The van der Waals surface area contributed by atoms with Crippen molar-refractivity contribution < 1.29 is 18.7 Å². The highest BCUT2D eigenvalue weighted by atomic mass is 16.6. The van der Waals surface area contributed by atoms with Crippen molar-refractivity contribution in [3.8, 4) is 5.95 Å². The summed E-state index contributed by atoms with van der Waals surface area (Å²) in [6.45, 7) is 0. The molecule has 0 spiro atoms. The third-order valence-corrected chi connectivity index (χ3v) is 2.22. The Labute approximate surface area is 87.5 Å². The average molecular weight is 208 g/mol. The van der Waals surface area contributed by atoms with Gasteiger partial charge in [-0.15, -0.1) is 0 Å². The van der Waals surface area contributed by atoms with E-state index in [2.05, 4.69) is 16.9 Å². The van der Waals surface area contributed by atoms with Gasteiger partial charge in [-0.1, -0.05) is 12.2 Å². The maximum atomic E-state index is 11.1. The quantitative estimate of drug-likeness (QED) is 0.564. The summed E-state index contributed by atoms with van der Waals surface area (Å²) in [5, 5.41) is 0. The highest BCUT2D eigenvalue weighted by molar-refractivity contribution is 5.86. The fourth-order valence-electron chi connectivity index (χ4n) is 1.45. The molecule has 0 saturated carbocycles. The Morgan fingerprint density at radius 2 is 2.13 bits per heavy atom. The Kier molecular flexibility index (Phi) is 2.76. The molecule has 2 rings (SSSR count). The molecule has 4 heteroatoms. The molecule has 0 unspecified atom stereocenters. The van der Waals surface area contributed by atoms with Crippen LogP contribution in [0.25, 0.3) is 0 Å². The first-order chi connectivity index (χ1) is 7.29. The molecular formula is C11H12O4. The van der Waals surface area contributed by atoms with Crippen LogP contribution in [0.1, 0.15) is 23.4 Å². The Balaban J connectivity index is 1.97. The molecule has 15 heavy (non-hydrogen) atoms. The molecule has 0 atom stereocenters. The van der Waals surface area contributed by atoms with Gasteiger partial charge in [0, 0.05) is 18.9 Å². The summed E-state index contributed by atoms with van der Waals surface area (Å²) in [7, 11) is 1.31. The Hall–Kier alpha value is -1.71. The van der Waals surface area contributed by atoms with Gasteiger partial charge in [-0.3, -0.25) is 0 Å². The van der Waals surface area contributed by atoms with Crippen LogP contribution in [-0.2, 0) is 4.74 Å². The lowest BCUT2D eigenvalue weighted by molar-refractivity contribution is 0.0551. The second-order valence-electron chi connectivity index (χ2n) is 3.29. The molecule has 0 bridgehead atoms. The van der Waals surface area contributed by atoms with Crippen molar-refractivity contribution in [1.29, 1.82) is 0 Å². The van der Waals surface area contributed by atoms with Crippen molar-refractivity contribution in [1.82, 2.24) is 0 Å². The summed E-state index contributed by atoms with van der Waals surface area (Å²) in [4.78, 5) is 11.1. The maximum absolute atomic E-state index is 11.1. The first-order valence-electron chi connectivity index (χ1n) is 4.79. The van der Waals surface area contributed by atoms with Gasteiger partial charge in [0.15, 0.2) is 0 Å². The number of hydrogen-bond acceptors (Lipinski definition) is 4. The predicted molar refractivity (Wildman–Crippen MR) is 52.8 cm³/mol. The molecule has 0 fully saturated rings. The van der Waals surface area contributed by atoms with Gasteiger partial charge in [-0.05, 0) is 6.07 Å². The molecule has 0 amide bonds. The van der Waals surface area contributed by atoms with Crippen molar-refractivity contribution in [3.63, 3.8) is 0 Å². The summed E-state index contributed by atoms with van der Waals surface area (Å²) in [5.74, 6) is 0.0388. The summed E-state index contributed by atoms with van der Waals surface area (Å²) in [6, 6.07) is 3.17. The third-order valence-electron chi connectivity index (χ3n) is 2.22. The fourth-order valence-corrected chi connectivity index (χ4v) is 1.45. The van der Waals surface area contributed by atoms with Gasteiger partial charge in [0.1, 0.15) is 6.10 Å². The number of carbonyl (C=O) groups excluding carboxylic acids is 1. The third kappa shape index (κ3) is 2.21. The smallest absolute Gasteiger partial charge is 0.374 e. The first-order valence-corrected chi connectivity index (χ1v) is 4.79. The van der Waals surface area contributed by atoms with Gasteiger partial charge in [-0.2, -0.15) is 0 Å². The molecule has 0 saturated heterocycles. The van der Waals surface area contributed by atoms with Crippen molar-refractivity contribution in [3.05, 3.63) is 30.0 Å². The minimum atomic E-state index is -0.491. The van der Waals surface area contributed by atoms with E-state index in [1.54, 1.807) is 12.1 Å². The van der Waals surface area contributed by atoms with Gasteiger partial charge >= 0.3 is 5.97 Å². The van der Waals surface area contributed by atoms with Crippen LogP contribution in [0, 0.1) is 0 Å². The van der Waals surface area contributed by atoms with Crippen LogP contribution in [0.3, 0.4) is 0 Å². The van der Waals surface area contributed by atoms with Crippen LogP contribution < -0.4 is 4.74 Å². The standard InChI is InChI=1S/C11H12O4/c1-13-11(12)9-6-7-10(15-9)14-8-4-2-3-5-8/h2-3,6-8H,4-5H2,1H3. The lowest BCUT2D eigenvalue weighted by Crippen LogP contribution is -2.10. The highest BCUT2D eigenvalue weighted by Gasteiger charge is 2.16. The van der Waals surface area contributed by atoms with Crippen molar-refractivity contribution in [2.24, 2.45) is 0 Å². The molecule has 4 nitrogen and oxygen atoms in total. The van der Waals surface area contributed by atoms with Crippen LogP contribution in [0.4, 0.5) is 0 Å². The minimum absolute atomic E-state index is 0.127. The average Bonchev–Trinajstić information content (AvgIpc) is 2.88. The molecule has 0 radical (unpaired) electrons. The van der Waals surface area contributed by atoms with E-state index in [0.717, 1.165) is 12.8 Å². The van der Waals surface area contributed by atoms with Gasteiger partial charge < -0.3 is 13.9 Å². The molecule has 0 aliphatic heterocycles. The lowest BCUT2D eigenvalue weighted by atomic mass is 10.3. The van der Waals surface area contributed by atoms with Crippen LogP contribution in [0.2, 0.25) is 0 Å². The summed E-state index contributed by atoms with van der Waals surface area (Å²) < 4.78 is 15.2. The molecule has 1 heterocycles. The normalized spacial score (nSPS) is 15.5. The number of esters is 1. The maximum Gasteiger partial charge on any atom is 0.374 e. The second-order valence-corrected chi connectivity index (χ2v) is 3.29.